The fourth-order valence-corrected chi connectivity index (χ4v) is 4.17. The molecule has 0 aromatic heterocycles. The van der Waals surface area contributed by atoms with Gasteiger partial charge in [0.25, 0.3) is 0 Å². The molecule has 0 radical (unpaired) electrons. The van der Waals surface area contributed by atoms with Crippen molar-refractivity contribution in [2.75, 3.05) is 11.4 Å². The molecule has 28 heavy (non-hydrogen) atoms. The van der Waals surface area contributed by atoms with Crippen molar-refractivity contribution in [3.8, 4) is 5.75 Å². The minimum absolute atomic E-state index is 0.527. The molecule has 0 spiro atoms. The van der Waals surface area contributed by atoms with Crippen molar-refractivity contribution in [3.63, 3.8) is 0 Å². The maximum absolute atomic E-state index is 9.93. The lowest BCUT2D eigenvalue weighted by atomic mass is 10.1. The van der Waals surface area contributed by atoms with Crippen LogP contribution in [0.25, 0.3) is 0 Å². The van der Waals surface area contributed by atoms with Gasteiger partial charge in [0.1, 0.15) is 18.6 Å². The topological polar surface area (TPSA) is 44.7 Å². The summed E-state index contributed by atoms with van der Waals surface area (Å²) in [5.41, 5.74) is 7.24. The normalized spacial score (nSPS) is 17.5. The average molecular weight is 372 g/mol. The Hall–Kier alpha value is -2.82. The average Bonchev–Trinajstić information content (AvgIpc) is 3.32. The molecule has 1 atom stereocenters. The van der Waals surface area contributed by atoms with Crippen molar-refractivity contribution in [2.24, 2.45) is 0 Å². The van der Waals surface area contributed by atoms with Crippen LogP contribution in [0.5, 0.6) is 5.75 Å². The Morgan fingerprint density at radius 3 is 2.68 bits per heavy atom. The molecule has 2 heterocycles. The number of rotatable bonds is 5. The van der Waals surface area contributed by atoms with Crippen LogP contribution in [0, 0.1) is 0 Å². The maximum atomic E-state index is 9.93. The molecule has 4 nitrogen and oxygen atoms in total. The SMILES string of the molecule is OC1NCc2c(OCc3ccc(CN4CCc5ccccc54)cc3)cccc21. The van der Waals surface area contributed by atoms with Crippen LogP contribution in [0.15, 0.2) is 66.7 Å². The van der Waals surface area contributed by atoms with E-state index >= 15 is 0 Å². The Kier molecular flexibility index (Phi) is 4.51. The van der Waals surface area contributed by atoms with Gasteiger partial charge in [-0.05, 0) is 35.2 Å². The first kappa shape index (κ1) is 17.3. The zero-order valence-electron chi connectivity index (χ0n) is 15.8. The quantitative estimate of drug-likeness (QED) is 0.712. The van der Waals surface area contributed by atoms with Crippen LogP contribution < -0.4 is 15.0 Å². The van der Waals surface area contributed by atoms with Gasteiger partial charge in [0.2, 0.25) is 0 Å². The minimum Gasteiger partial charge on any atom is -0.489 e. The van der Waals surface area contributed by atoms with E-state index in [9.17, 15) is 5.11 Å². The van der Waals surface area contributed by atoms with Gasteiger partial charge in [-0.2, -0.15) is 0 Å². The van der Waals surface area contributed by atoms with Crippen molar-refractivity contribution in [3.05, 3.63) is 94.5 Å². The van der Waals surface area contributed by atoms with Crippen molar-refractivity contribution in [2.45, 2.75) is 32.3 Å². The minimum atomic E-state index is -0.589. The molecule has 0 saturated carbocycles. The number of para-hydroxylation sites is 1. The monoisotopic (exact) mass is 372 g/mol. The van der Waals surface area contributed by atoms with Gasteiger partial charge in [-0.3, -0.25) is 5.32 Å². The second-order valence-corrected chi connectivity index (χ2v) is 7.51. The van der Waals surface area contributed by atoms with Crippen LogP contribution in [-0.2, 0) is 26.1 Å². The van der Waals surface area contributed by atoms with Crippen LogP contribution in [0.3, 0.4) is 0 Å². The first-order valence-corrected chi connectivity index (χ1v) is 9.84. The Balaban J connectivity index is 1.23. The number of benzene rings is 3. The van der Waals surface area contributed by atoms with E-state index in [1.807, 2.05) is 18.2 Å². The lowest BCUT2D eigenvalue weighted by Gasteiger charge is -2.19. The third-order valence-electron chi connectivity index (χ3n) is 5.71. The lowest BCUT2D eigenvalue weighted by molar-refractivity contribution is 0.151. The summed E-state index contributed by atoms with van der Waals surface area (Å²) in [6.07, 6.45) is 0.543. The van der Waals surface area contributed by atoms with Crippen molar-refractivity contribution < 1.29 is 9.84 Å². The van der Waals surface area contributed by atoms with Gasteiger partial charge >= 0.3 is 0 Å². The summed E-state index contributed by atoms with van der Waals surface area (Å²) in [7, 11) is 0. The summed E-state index contributed by atoms with van der Waals surface area (Å²) in [6, 6.07) is 23.2. The first-order chi connectivity index (χ1) is 13.8. The molecule has 0 saturated heterocycles. The molecule has 2 N–H and O–H groups in total. The first-order valence-electron chi connectivity index (χ1n) is 9.84. The fraction of sp³-hybridized carbons (Fsp3) is 0.250. The predicted molar refractivity (Wildman–Crippen MR) is 110 cm³/mol. The number of nitrogens with one attached hydrogen (secondary N) is 1. The molecule has 142 valence electrons. The molecule has 2 aliphatic rings. The molecule has 4 heteroatoms. The number of anilines is 1. The summed E-state index contributed by atoms with van der Waals surface area (Å²) < 4.78 is 6.04. The molecular weight excluding hydrogens is 348 g/mol. The Morgan fingerprint density at radius 2 is 1.79 bits per heavy atom. The van der Waals surface area contributed by atoms with Crippen molar-refractivity contribution in [1.29, 1.82) is 0 Å². The van der Waals surface area contributed by atoms with Gasteiger partial charge in [-0.25, -0.2) is 0 Å². The zero-order chi connectivity index (χ0) is 18.9. The highest BCUT2D eigenvalue weighted by Crippen LogP contribution is 2.32. The number of nitrogens with zero attached hydrogens (tertiary/aromatic N) is 1. The number of aliphatic hydroxyl groups is 1. The van der Waals surface area contributed by atoms with E-state index in [0.717, 1.165) is 42.0 Å². The molecule has 1 unspecified atom stereocenters. The van der Waals surface area contributed by atoms with E-state index in [0.29, 0.717) is 13.2 Å². The highest BCUT2D eigenvalue weighted by atomic mass is 16.5. The highest BCUT2D eigenvalue weighted by molar-refractivity contribution is 5.58. The van der Waals surface area contributed by atoms with E-state index in [4.69, 9.17) is 4.74 Å². The number of hydrogen-bond acceptors (Lipinski definition) is 4. The smallest absolute Gasteiger partial charge is 0.131 e. The number of aliphatic hydroxyl groups excluding tert-OH is 1. The largest absolute Gasteiger partial charge is 0.489 e. The van der Waals surface area contributed by atoms with E-state index in [1.54, 1.807) is 0 Å². The van der Waals surface area contributed by atoms with E-state index in [-0.39, 0.29) is 0 Å². The van der Waals surface area contributed by atoms with Crippen molar-refractivity contribution in [1.82, 2.24) is 5.32 Å². The van der Waals surface area contributed by atoms with Crippen LogP contribution in [0.2, 0.25) is 0 Å². The summed E-state index contributed by atoms with van der Waals surface area (Å²) in [6.45, 7) is 3.19. The van der Waals surface area contributed by atoms with Crippen LogP contribution >= 0.6 is 0 Å². The van der Waals surface area contributed by atoms with Gasteiger partial charge in [0.15, 0.2) is 0 Å². The van der Waals surface area contributed by atoms with E-state index < -0.39 is 6.23 Å². The third kappa shape index (κ3) is 3.26. The van der Waals surface area contributed by atoms with Gasteiger partial charge in [-0.15, -0.1) is 0 Å². The Bertz CT molecular complexity index is 984. The second kappa shape index (κ2) is 7.30. The zero-order valence-corrected chi connectivity index (χ0v) is 15.8. The number of fused-ring (bicyclic) bond motifs is 2. The van der Waals surface area contributed by atoms with Crippen LogP contribution in [0.4, 0.5) is 5.69 Å². The summed E-state index contributed by atoms with van der Waals surface area (Å²) in [5, 5.41) is 13.0. The van der Waals surface area contributed by atoms with Crippen LogP contribution in [0.1, 0.15) is 34.0 Å². The van der Waals surface area contributed by atoms with E-state index in [2.05, 4.69) is 58.7 Å². The fourth-order valence-electron chi connectivity index (χ4n) is 4.17. The van der Waals surface area contributed by atoms with Gasteiger partial charge in [0, 0.05) is 36.4 Å². The summed E-state index contributed by atoms with van der Waals surface area (Å²) >= 11 is 0. The van der Waals surface area contributed by atoms with E-state index in [1.165, 1.54) is 16.8 Å². The van der Waals surface area contributed by atoms with Crippen molar-refractivity contribution >= 4 is 5.69 Å². The molecule has 0 bridgehead atoms. The predicted octanol–water partition coefficient (Wildman–Crippen LogP) is 3.92. The molecule has 0 amide bonds. The third-order valence-corrected chi connectivity index (χ3v) is 5.71. The standard InChI is InChI=1S/C24H24N2O2/c27-24-20-5-3-7-23(21(20)14-25-24)28-16-18-10-8-17(9-11-18)15-26-13-12-19-4-1-2-6-22(19)26/h1-11,24-25,27H,12-16H2. The molecule has 2 aliphatic heterocycles. The maximum Gasteiger partial charge on any atom is 0.131 e. The molecule has 0 aliphatic carbocycles. The molecular formula is C24H24N2O2. The molecule has 5 rings (SSSR count). The van der Waals surface area contributed by atoms with Gasteiger partial charge in [-0.1, -0.05) is 54.6 Å². The number of ether oxygens (including phenoxy) is 1. The Labute approximate surface area is 165 Å². The lowest BCUT2D eigenvalue weighted by Crippen LogP contribution is -2.19. The molecule has 3 aromatic rings. The van der Waals surface area contributed by atoms with Gasteiger partial charge in [0.05, 0.1) is 0 Å². The summed E-state index contributed by atoms with van der Waals surface area (Å²) in [5.74, 6) is 0.847. The highest BCUT2D eigenvalue weighted by Gasteiger charge is 2.22. The number of hydrogen-bond donors (Lipinski definition) is 2. The second-order valence-electron chi connectivity index (χ2n) is 7.51. The Morgan fingerprint density at radius 1 is 0.964 bits per heavy atom. The van der Waals surface area contributed by atoms with Crippen LogP contribution in [-0.4, -0.2) is 11.7 Å². The molecule has 3 aromatic carbocycles. The molecule has 0 fully saturated rings. The summed E-state index contributed by atoms with van der Waals surface area (Å²) in [4.78, 5) is 2.45. The van der Waals surface area contributed by atoms with Gasteiger partial charge < -0.3 is 14.7 Å².